The first-order valence-electron chi connectivity index (χ1n) is 11.8. The van der Waals surface area contributed by atoms with Gasteiger partial charge in [0.1, 0.15) is 6.26 Å². The van der Waals surface area contributed by atoms with Crippen LogP contribution >= 0.6 is 0 Å². The number of piperazine rings is 2. The molecule has 0 aliphatic carbocycles. The lowest BCUT2D eigenvalue weighted by atomic mass is 10.1. The molecule has 174 valence electrons. The third-order valence-corrected chi connectivity index (χ3v) is 6.55. The molecule has 1 aromatic carbocycles. The summed E-state index contributed by atoms with van der Waals surface area (Å²) < 4.78 is 4.94. The summed E-state index contributed by atoms with van der Waals surface area (Å²) in [5, 5.41) is 7.56. The van der Waals surface area contributed by atoms with Crippen LogP contribution in [0.25, 0.3) is 0 Å². The summed E-state index contributed by atoms with van der Waals surface area (Å²) in [6, 6.07) is 11.0. The van der Waals surface area contributed by atoms with Gasteiger partial charge in [-0.25, -0.2) is 0 Å². The zero-order valence-corrected chi connectivity index (χ0v) is 19.5. The summed E-state index contributed by atoms with van der Waals surface area (Å²) in [6.45, 7) is 14.7. The summed E-state index contributed by atoms with van der Waals surface area (Å²) in [7, 11) is 1.87. The minimum atomic E-state index is 0.793. The molecule has 0 spiro atoms. The number of nitrogens with zero attached hydrogens (tertiary/aromatic N) is 6. The van der Waals surface area contributed by atoms with Gasteiger partial charge in [0.2, 0.25) is 0 Å². The van der Waals surface area contributed by atoms with Crippen molar-refractivity contribution in [2.45, 2.75) is 26.6 Å². The van der Waals surface area contributed by atoms with Crippen molar-refractivity contribution in [1.29, 1.82) is 0 Å². The van der Waals surface area contributed by atoms with Gasteiger partial charge < -0.3 is 19.6 Å². The molecule has 4 rings (SSSR count). The average molecular weight is 440 g/mol. The molecule has 0 bridgehead atoms. The lowest BCUT2D eigenvalue weighted by Gasteiger charge is -2.36. The highest BCUT2D eigenvalue weighted by Gasteiger charge is 2.20. The first-order valence-corrected chi connectivity index (χ1v) is 11.8. The van der Waals surface area contributed by atoms with E-state index in [1.165, 1.54) is 37.3 Å². The molecule has 8 nitrogen and oxygen atoms in total. The molecule has 2 fully saturated rings. The largest absolute Gasteiger partial charge is 0.364 e. The van der Waals surface area contributed by atoms with E-state index in [1.54, 1.807) is 6.26 Å². The number of benzene rings is 1. The summed E-state index contributed by atoms with van der Waals surface area (Å²) >= 11 is 0. The smallest absolute Gasteiger partial charge is 0.194 e. The molecule has 2 saturated heterocycles. The molecule has 0 amide bonds. The molecule has 2 aliphatic heterocycles. The fourth-order valence-corrected chi connectivity index (χ4v) is 4.46. The quantitative estimate of drug-likeness (QED) is 0.520. The predicted molar refractivity (Wildman–Crippen MR) is 127 cm³/mol. The Balaban J connectivity index is 1.20. The molecule has 0 unspecified atom stereocenters. The van der Waals surface area contributed by atoms with Crippen molar-refractivity contribution in [2.24, 2.45) is 4.99 Å². The van der Waals surface area contributed by atoms with Crippen molar-refractivity contribution in [3.8, 4) is 0 Å². The average Bonchev–Trinajstić information content (AvgIpc) is 3.35. The van der Waals surface area contributed by atoms with Crippen LogP contribution in [0.3, 0.4) is 0 Å². The van der Waals surface area contributed by atoms with Crippen molar-refractivity contribution in [2.75, 3.05) is 66.0 Å². The third kappa shape index (κ3) is 6.31. The fourth-order valence-electron chi connectivity index (χ4n) is 4.46. The Hall–Kier alpha value is -2.42. The monoisotopic (exact) mass is 439 g/mol. The highest BCUT2D eigenvalue weighted by molar-refractivity contribution is 5.80. The maximum absolute atomic E-state index is 4.94. The normalized spacial score (nSPS) is 19.4. The Morgan fingerprint density at radius 3 is 2.12 bits per heavy atom. The maximum atomic E-state index is 4.94. The SMILES string of the molecule is CCN1CCN(Cc2ccc(CNC(=NC)N3CCN(Cc4ccon4)CC3)cc2)CC1. The molecule has 0 saturated carbocycles. The molecule has 32 heavy (non-hydrogen) atoms. The van der Waals surface area contributed by atoms with E-state index in [0.717, 1.165) is 64.0 Å². The lowest BCUT2D eigenvalue weighted by molar-refractivity contribution is 0.132. The lowest BCUT2D eigenvalue weighted by Crippen LogP contribution is -2.52. The predicted octanol–water partition coefficient (Wildman–Crippen LogP) is 1.71. The summed E-state index contributed by atoms with van der Waals surface area (Å²) in [4.78, 5) is 14.3. The number of aromatic nitrogens is 1. The maximum Gasteiger partial charge on any atom is 0.194 e. The second-order valence-electron chi connectivity index (χ2n) is 8.68. The third-order valence-electron chi connectivity index (χ3n) is 6.55. The van der Waals surface area contributed by atoms with E-state index >= 15 is 0 Å². The van der Waals surface area contributed by atoms with Crippen LogP contribution in [-0.4, -0.2) is 96.7 Å². The van der Waals surface area contributed by atoms with E-state index in [4.69, 9.17) is 4.52 Å². The van der Waals surface area contributed by atoms with E-state index in [1.807, 2.05) is 13.1 Å². The van der Waals surface area contributed by atoms with Crippen LogP contribution in [0.1, 0.15) is 23.7 Å². The minimum absolute atomic E-state index is 0.793. The van der Waals surface area contributed by atoms with Crippen LogP contribution in [0, 0.1) is 0 Å². The first kappa shape index (κ1) is 22.8. The van der Waals surface area contributed by atoms with Gasteiger partial charge in [0, 0.05) is 85.1 Å². The summed E-state index contributed by atoms with van der Waals surface area (Å²) in [5.74, 6) is 0.976. The Bertz CT molecular complexity index is 821. The van der Waals surface area contributed by atoms with Gasteiger partial charge in [-0.15, -0.1) is 0 Å². The Morgan fingerprint density at radius 2 is 1.50 bits per heavy atom. The van der Waals surface area contributed by atoms with E-state index in [9.17, 15) is 0 Å². The zero-order chi connectivity index (χ0) is 22.2. The van der Waals surface area contributed by atoms with Crippen molar-refractivity contribution in [3.63, 3.8) is 0 Å². The van der Waals surface area contributed by atoms with E-state index in [-0.39, 0.29) is 0 Å². The van der Waals surface area contributed by atoms with Gasteiger partial charge >= 0.3 is 0 Å². The van der Waals surface area contributed by atoms with Crippen LogP contribution in [0.5, 0.6) is 0 Å². The van der Waals surface area contributed by atoms with Gasteiger partial charge in [-0.05, 0) is 17.7 Å². The molecule has 2 aromatic rings. The molecule has 1 N–H and O–H groups in total. The standard InChI is InChI=1S/C24H37N7O/c1-3-28-9-11-29(12-10-28)19-22-6-4-21(5-7-22)18-26-24(25-2)31-15-13-30(14-16-31)20-23-8-17-32-27-23/h4-8,17H,3,9-16,18-20H2,1-2H3,(H,25,26). The molecule has 3 heterocycles. The van der Waals surface area contributed by atoms with E-state index in [2.05, 4.69) is 66.3 Å². The molecule has 2 aliphatic rings. The molecule has 1 aromatic heterocycles. The number of hydrogen-bond acceptors (Lipinski definition) is 6. The highest BCUT2D eigenvalue weighted by atomic mass is 16.5. The van der Waals surface area contributed by atoms with Crippen molar-refractivity contribution in [1.82, 2.24) is 30.1 Å². The number of hydrogen-bond donors (Lipinski definition) is 1. The minimum Gasteiger partial charge on any atom is -0.364 e. The van der Waals surface area contributed by atoms with Crippen LogP contribution in [0.15, 0.2) is 46.1 Å². The van der Waals surface area contributed by atoms with Gasteiger partial charge in [0.15, 0.2) is 5.96 Å². The number of likely N-dealkylation sites (N-methyl/N-ethyl adjacent to an activating group) is 1. The van der Waals surface area contributed by atoms with Gasteiger partial charge in [0.25, 0.3) is 0 Å². The fraction of sp³-hybridized carbons (Fsp3) is 0.583. The second kappa shape index (κ2) is 11.4. The second-order valence-corrected chi connectivity index (χ2v) is 8.68. The van der Waals surface area contributed by atoms with E-state index < -0.39 is 0 Å². The Labute approximate surface area is 191 Å². The van der Waals surface area contributed by atoms with Gasteiger partial charge in [-0.3, -0.25) is 14.8 Å². The van der Waals surface area contributed by atoms with Gasteiger partial charge in [-0.1, -0.05) is 36.3 Å². The molecule has 0 radical (unpaired) electrons. The number of guanidine groups is 1. The van der Waals surface area contributed by atoms with Crippen molar-refractivity contribution in [3.05, 3.63) is 53.4 Å². The summed E-state index contributed by atoms with van der Waals surface area (Å²) in [6.07, 6.45) is 1.64. The Kier molecular flexibility index (Phi) is 8.14. The van der Waals surface area contributed by atoms with Crippen LogP contribution in [0.4, 0.5) is 0 Å². The molecular formula is C24H37N7O. The number of nitrogens with one attached hydrogen (secondary N) is 1. The molecule has 0 atom stereocenters. The van der Waals surface area contributed by atoms with Crippen LogP contribution in [0.2, 0.25) is 0 Å². The summed E-state index contributed by atoms with van der Waals surface area (Å²) in [5.41, 5.74) is 3.68. The van der Waals surface area contributed by atoms with Crippen LogP contribution < -0.4 is 5.32 Å². The Morgan fingerprint density at radius 1 is 0.875 bits per heavy atom. The highest BCUT2D eigenvalue weighted by Crippen LogP contribution is 2.11. The van der Waals surface area contributed by atoms with Crippen molar-refractivity contribution < 1.29 is 4.52 Å². The zero-order valence-electron chi connectivity index (χ0n) is 19.5. The van der Waals surface area contributed by atoms with Crippen LogP contribution in [-0.2, 0) is 19.6 Å². The first-order chi connectivity index (χ1) is 15.7. The van der Waals surface area contributed by atoms with Gasteiger partial charge in [-0.2, -0.15) is 0 Å². The topological polar surface area (TPSA) is 63.4 Å². The van der Waals surface area contributed by atoms with E-state index in [0.29, 0.717) is 0 Å². The molecule has 8 heteroatoms. The number of rotatable bonds is 7. The van der Waals surface area contributed by atoms with Gasteiger partial charge in [0.05, 0.1) is 5.69 Å². The number of aliphatic imine (C=N–C) groups is 1. The molecular weight excluding hydrogens is 402 g/mol. The van der Waals surface area contributed by atoms with Crippen molar-refractivity contribution >= 4 is 5.96 Å².